The Morgan fingerprint density at radius 3 is 1.58 bits per heavy atom. The van der Waals surface area contributed by atoms with Crippen molar-refractivity contribution in [1.29, 1.82) is 0 Å². The minimum atomic E-state index is -0.716. The zero-order valence-electron chi connectivity index (χ0n) is 15.6. The summed E-state index contributed by atoms with van der Waals surface area (Å²) in [5.41, 5.74) is 0.173. The molecule has 1 rings (SSSR count). The van der Waals surface area contributed by atoms with Gasteiger partial charge in [-0.3, -0.25) is 0 Å². The quantitative estimate of drug-likeness (QED) is 0.552. The molecule has 1 aromatic carbocycles. The van der Waals surface area contributed by atoms with Crippen molar-refractivity contribution >= 4 is 11.9 Å². The van der Waals surface area contributed by atoms with Crippen molar-refractivity contribution in [2.75, 3.05) is 13.2 Å². The standard InChI is InChI=1S/C20H30O6/c1-3-5-9-15(21)13-25-19(23)17-11-7-8-12-18(17)20(24)26-14-16(22)10-6-4-2/h7-8,11-12,15-16,21-22H,3-6,9-10,13-14H2,1-2H3. The maximum Gasteiger partial charge on any atom is 0.339 e. The summed E-state index contributed by atoms with van der Waals surface area (Å²) in [6.45, 7) is 3.80. The van der Waals surface area contributed by atoms with E-state index in [4.69, 9.17) is 9.47 Å². The molecule has 6 nitrogen and oxygen atoms in total. The molecule has 0 aromatic heterocycles. The molecule has 0 heterocycles. The molecule has 2 N–H and O–H groups in total. The van der Waals surface area contributed by atoms with Crippen LogP contribution in [-0.2, 0) is 9.47 Å². The summed E-state index contributed by atoms with van der Waals surface area (Å²) in [5, 5.41) is 19.5. The molecule has 0 saturated heterocycles. The van der Waals surface area contributed by atoms with Gasteiger partial charge in [0, 0.05) is 0 Å². The molecule has 6 heteroatoms. The molecule has 146 valence electrons. The minimum absolute atomic E-state index is 0.0863. The maximum atomic E-state index is 12.2. The first kappa shape index (κ1) is 22.1. The highest BCUT2D eigenvalue weighted by Gasteiger charge is 2.20. The van der Waals surface area contributed by atoms with Gasteiger partial charge in [-0.1, -0.05) is 51.7 Å². The average Bonchev–Trinajstić information content (AvgIpc) is 2.66. The lowest BCUT2D eigenvalue weighted by molar-refractivity contribution is 0.0198. The van der Waals surface area contributed by atoms with Gasteiger partial charge < -0.3 is 19.7 Å². The molecule has 0 saturated carbocycles. The summed E-state index contributed by atoms with van der Waals surface area (Å²) >= 11 is 0. The Balaban J connectivity index is 2.62. The molecule has 0 amide bonds. The van der Waals surface area contributed by atoms with E-state index in [1.165, 1.54) is 12.1 Å². The van der Waals surface area contributed by atoms with E-state index in [0.717, 1.165) is 25.7 Å². The summed E-state index contributed by atoms with van der Waals surface area (Å²) in [6.07, 6.45) is 3.28. The van der Waals surface area contributed by atoms with E-state index in [-0.39, 0.29) is 24.3 Å². The van der Waals surface area contributed by atoms with E-state index < -0.39 is 24.1 Å². The van der Waals surface area contributed by atoms with E-state index in [9.17, 15) is 19.8 Å². The molecule has 0 aliphatic carbocycles. The highest BCUT2D eigenvalue weighted by Crippen LogP contribution is 2.13. The number of esters is 2. The number of hydrogen-bond acceptors (Lipinski definition) is 6. The van der Waals surface area contributed by atoms with Crippen molar-refractivity contribution in [3.05, 3.63) is 35.4 Å². The second-order valence-corrected chi connectivity index (χ2v) is 6.33. The Labute approximate surface area is 155 Å². The van der Waals surface area contributed by atoms with Gasteiger partial charge in [-0.25, -0.2) is 9.59 Å². The van der Waals surface area contributed by atoms with Crippen LogP contribution in [0.3, 0.4) is 0 Å². The molecule has 2 atom stereocenters. The molecular formula is C20H30O6. The number of aliphatic hydroxyl groups excluding tert-OH is 2. The van der Waals surface area contributed by atoms with Gasteiger partial charge >= 0.3 is 11.9 Å². The van der Waals surface area contributed by atoms with E-state index in [0.29, 0.717) is 12.8 Å². The Morgan fingerprint density at radius 2 is 1.23 bits per heavy atom. The van der Waals surface area contributed by atoms with Crippen molar-refractivity contribution in [3.8, 4) is 0 Å². The first-order valence-electron chi connectivity index (χ1n) is 9.28. The van der Waals surface area contributed by atoms with E-state index in [2.05, 4.69) is 0 Å². The fourth-order valence-electron chi connectivity index (χ4n) is 2.38. The van der Waals surface area contributed by atoms with Crippen LogP contribution in [0.1, 0.15) is 73.1 Å². The fourth-order valence-corrected chi connectivity index (χ4v) is 2.38. The third kappa shape index (κ3) is 7.97. The first-order chi connectivity index (χ1) is 12.5. The number of carbonyl (C=O) groups is 2. The zero-order valence-corrected chi connectivity index (χ0v) is 15.6. The smallest absolute Gasteiger partial charge is 0.339 e. The van der Waals surface area contributed by atoms with Crippen LogP contribution in [0.2, 0.25) is 0 Å². The topological polar surface area (TPSA) is 93.1 Å². The predicted octanol–water partition coefficient (Wildman–Crippen LogP) is 3.10. The number of rotatable bonds is 12. The van der Waals surface area contributed by atoms with Crippen molar-refractivity contribution in [2.24, 2.45) is 0 Å². The SMILES string of the molecule is CCCCC(O)COC(=O)c1ccccc1C(=O)OCC(O)CCCC. The predicted molar refractivity (Wildman–Crippen MR) is 98.1 cm³/mol. The van der Waals surface area contributed by atoms with Crippen molar-refractivity contribution in [2.45, 2.75) is 64.6 Å². The van der Waals surface area contributed by atoms with Crippen LogP contribution in [0.5, 0.6) is 0 Å². The van der Waals surface area contributed by atoms with Crippen molar-refractivity contribution in [3.63, 3.8) is 0 Å². The zero-order chi connectivity index (χ0) is 19.4. The lowest BCUT2D eigenvalue weighted by Crippen LogP contribution is -2.22. The van der Waals surface area contributed by atoms with Gasteiger partial charge in [0.25, 0.3) is 0 Å². The molecule has 0 aliphatic heterocycles. The van der Waals surface area contributed by atoms with Gasteiger partial charge in [0.2, 0.25) is 0 Å². The van der Waals surface area contributed by atoms with Crippen LogP contribution in [-0.4, -0.2) is 47.6 Å². The summed E-state index contributed by atoms with van der Waals surface area (Å²) in [4.78, 5) is 24.5. The normalized spacial score (nSPS) is 13.1. The van der Waals surface area contributed by atoms with Crippen LogP contribution in [0, 0.1) is 0 Å². The third-order valence-electron chi connectivity index (χ3n) is 3.96. The summed E-state index contributed by atoms with van der Waals surface area (Å²) in [5.74, 6) is -1.36. The summed E-state index contributed by atoms with van der Waals surface area (Å²) < 4.78 is 10.2. The Bertz CT molecular complexity index is 508. The highest BCUT2D eigenvalue weighted by molar-refractivity contribution is 6.03. The van der Waals surface area contributed by atoms with Gasteiger partial charge in [-0.15, -0.1) is 0 Å². The second-order valence-electron chi connectivity index (χ2n) is 6.33. The number of unbranched alkanes of at least 4 members (excludes halogenated alkanes) is 2. The Hall–Kier alpha value is -1.92. The average molecular weight is 366 g/mol. The molecule has 26 heavy (non-hydrogen) atoms. The number of ether oxygens (including phenoxy) is 2. The number of aliphatic hydroxyl groups is 2. The Kier molecular flexibility index (Phi) is 10.6. The molecule has 0 aliphatic rings. The van der Waals surface area contributed by atoms with E-state index in [1.54, 1.807) is 12.1 Å². The van der Waals surface area contributed by atoms with Gasteiger partial charge in [-0.2, -0.15) is 0 Å². The molecule has 0 fully saturated rings. The van der Waals surface area contributed by atoms with E-state index in [1.807, 2.05) is 13.8 Å². The fraction of sp³-hybridized carbons (Fsp3) is 0.600. The van der Waals surface area contributed by atoms with Crippen LogP contribution >= 0.6 is 0 Å². The lowest BCUT2D eigenvalue weighted by Gasteiger charge is -2.14. The summed E-state index contributed by atoms with van der Waals surface area (Å²) in [6, 6.07) is 6.20. The van der Waals surface area contributed by atoms with Crippen LogP contribution in [0.15, 0.2) is 24.3 Å². The largest absolute Gasteiger partial charge is 0.459 e. The molecule has 2 unspecified atom stereocenters. The molecule has 0 bridgehead atoms. The number of hydrogen-bond donors (Lipinski definition) is 2. The third-order valence-corrected chi connectivity index (χ3v) is 3.96. The van der Waals surface area contributed by atoms with Gasteiger partial charge in [-0.05, 0) is 25.0 Å². The van der Waals surface area contributed by atoms with Crippen molar-refractivity contribution in [1.82, 2.24) is 0 Å². The number of carbonyl (C=O) groups excluding carboxylic acids is 2. The lowest BCUT2D eigenvalue weighted by atomic mass is 10.1. The maximum absolute atomic E-state index is 12.2. The molecule has 1 aromatic rings. The Morgan fingerprint density at radius 1 is 0.846 bits per heavy atom. The van der Waals surface area contributed by atoms with Crippen LogP contribution in [0.4, 0.5) is 0 Å². The van der Waals surface area contributed by atoms with Crippen LogP contribution < -0.4 is 0 Å². The van der Waals surface area contributed by atoms with Gasteiger partial charge in [0.05, 0.1) is 23.3 Å². The number of benzene rings is 1. The minimum Gasteiger partial charge on any atom is -0.459 e. The monoisotopic (exact) mass is 366 g/mol. The van der Waals surface area contributed by atoms with Crippen LogP contribution in [0.25, 0.3) is 0 Å². The first-order valence-corrected chi connectivity index (χ1v) is 9.28. The summed E-state index contributed by atoms with van der Waals surface area (Å²) in [7, 11) is 0. The van der Waals surface area contributed by atoms with Gasteiger partial charge in [0.1, 0.15) is 13.2 Å². The highest BCUT2D eigenvalue weighted by atomic mass is 16.5. The van der Waals surface area contributed by atoms with Gasteiger partial charge in [0.15, 0.2) is 0 Å². The molecular weight excluding hydrogens is 336 g/mol. The van der Waals surface area contributed by atoms with E-state index >= 15 is 0 Å². The second kappa shape index (κ2) is 12.4. The molecule has 0 radical (unpaired) electrons. The van der Waals surface area contributed by atoms with Crippen molar-refractivity contribution < 1.29 is 29.3 Å². The molecule has 0 spiro atoms.